The van der Waals surface area contributed by atoms with Crippen LogP contribution in [0.4, 0.5) is 5.69 Å². The maximum atomic E-state index is 8.26. The first-order valence-corrected chi connectivity index (χ1v) is 4.43. The average molecular weight is 199 g/mol. The zero-order chi connectivity index (χ0) is 10.7. The molecule has 0 saturated heterocycles. The highest BCUT2D eigenvalue weighted by molar-refractivity contribution is 5.61. The normalized spacial score (nSPS) is 9.67. The SMILES string of the molecule is Cn1cncc1-c1ccc(N=[N+]=[N-])cc1. The lowest BCUT2D eigenvalue weighted by molar-refractivity contribution is 0.921. The molecular formula is C10H9N5. The van der Waals surface area contributed by atoms with E-state index in [9.17, 15) is 0 Å². The molecule has 0 atom stereocenters. The van der Waals surface area contributed by atoms with Crippen LogP contribution in [0.3, 0.4) is 0 Å². The fourth-order valence-electron chi connectivity index (χ4n) is 1.39. The Bertz CT molecular complexity index is 505. The van der Waals surface area contributed by atoms with Gasteiger partial charge in [-0.2, -0.15) is 0 Å². The fourth-order valence-corrected chi connectivity index (χ4v) is 1.39. The molecule has 0 aliphatic carbocycles. The summed E-state index contributed by atoms with van der Waals surface area (Å²) in [6.07, 6.45) is 3.54. The van der Waals surface area contributed by atoms with Crippen LogP contribution in [0.25, 0.3) is 21.7 Å². The van der Waals surface area contributed by atoms with Gasteiger partial charge in [-0.15, -0.1) is 0 Å². The molecule has 0 amide bonds. The molecule has 2 rings (SSSR count). The predicted molar refractivity (Wildman–Crippen MR) is 57.5 cm³/mol. The third kappa shape index (κ3) is 1.82. The summed E-state index contributed by atoms with van der Waals surface area (Å²) in [5, 5.41) is 3.51. The van der Waals surface area contributed by atoms with Gasteiger partial charge in [0, 0.05) is 17.6 Å². The van der Waals surface area contributed by atoms with E-state index in [0.29, 0.717) is 5.69 Å². The summed E-state index contributed by atoms with van der Waals surface area (Å²) in [4.78, 5) is 6.76. The number of hydrogen-bond donors (Lipinski definition) is 0. The smallest absolute Gasteiger partial charge is 0.0948 e. The Morgan fingerprint density at radius 2 is 2.07 bits per heavy atom. The van der Waals surface area contributed by atoms with Crippen molar-refractivity contribution in [1.29, 1.82) is 0 Å². The number of nitrogens with zero attached hydrogens (tertiary/aromatic N) is 5. The van der Waals surface area contributed by atoms with Crippen molar-refractivity contribution in [1.82, 2.24) is 9.55 Å². The molecule has 1 aromatic heterocycles. The van der Waals surface area contributed by atoms with Gasteiger partial charge in [-0.1, -0.05) is 29.4 Å². The molecule has 0 aliphatic heterocycles. The lowest BCUT2D eigenvalue weighted by atomic mass is 10.1. The summed E-state index contributed by atoms with van der Waals surface area (Å²) in [6.45, 7) is 0. The molecule has 1 aromatic carbocycles. The molecule has 5 heteroatoms. The van der Waals surface area contributed by atoms with E-state index in [-0.39, 0.29) is 0 Å². The van der Waals surface area contributed by atoms with Gasteiger partial charge in [0.05, 0.1) is 18.2 Å². The molecule has 0 fully saturated rings. The van der Waals surface area contributed by atoms with Crippen molar-refractivity contribution in [3.8, 4) is 11.3 Å². The molecule has 0 unspecified atom stereocenters. The molecule has 0 saturated carbocycles. The molecule has 5 nitrogen and oxygen atoms in total. The van der Waals surface area contributed by atoms with E-state index in [2.05, 4.69) is 15.0 Å². The van der Waals surface area contributed by atoms with Crippen LogP contribution in [0.15, 0.2) is 41.9 Å². The summed E-state index contributed by atoms with van der Waals surface area (Å²) in [5.74, 6) is 0. The lowest BCUT2D eigenvalue weighted by Gasteiger charge is -2.01. The van der Waals surface area contributed by atoms with Gasteiger partial charge in [-0.25, -0.2) is 4.98 Å². The highest BCUT2D eigenvalue weighted by Crippen LogP contribution is 2.21. The van der Waals surface area contributed by atoms with E-state index in [1.807, 2.05) is 23.7 Å². The number of aromatic nitrogens is 2. The minimum atomic E-state index is 0.614. The van der Waals surface area contributed by atoms with Gasteiger partial charge in [0.25, 0.3) is 0 Å². The van der Waals surface area contributed by atoms with E-state index < -0.39 is 0 Å². The summed E-state index contributed by atoms with van der Waals surface area (Å²) in [7, 11) is 1.93. The van der Waals surface area contributed by atoms with Gasteiger partial charge >= 0.3 is 0 Å². The molecule has 0 bridgehead atoms. The molecule has 0 spiro atoms. The highest BCUT2D eigenvalue weighted by atomic mass is 15.1. The number of rotatable bonds is 2. The van der Waals surface area contributed by atoms with Crippen molar-refractivity contribution in [2.24, 2.45) is 12.2 Å². The number of azide groups is 1. The molecule has 2 aromatic rings. The van der Waals surface area contributed by atoms with Crippen LogP contribution in [-0.2, 0) is 7.05 Å². The zero-order valence-corrected chi connectivity index (χ0v) is 8.20. The van der Waals surface area contributed by atoms with Gasteiger partial charge < -0.3 is 4.57 Å². The van der Waals surface area contributed by atoms with E-state index in [0.717, 1.165) is 11.3 Å². The second-order valence-corrected chi connectivity index (χ2v) is 3.13. The number of aryl methyl sites for hydroxylation is 1. The highest BCUT2D eigenvalue weighted by Gasteiger charge is 2.00. The molecule has 74 valence electrons. The first kappa shape index (κ1) is 9.30. The zero-order valence-electron chi connectivity index (χ0n) is 8.20. The monoisotopic (exact) mass is 199 g/mol. The van der Waals surface area contributed by atoms with Crippen molar-refractivity contribution in [2.75, 3.05) is 0 Å². The van der Waals surface area contributed by atoms with Crippen LogP contribution >= 0.6 is 0 Å². The number of imidazole rings is 1. The van der Waals surface area contributed by atoms with Crippen LogP contribution < -0.4 is 0 Å². The van der Waals surface area contributed by atoms with Gasteiger partial charge in [0.1, 0.15) is 0 Å². The van der Waals surface area contributed by atoms with Crippen molar-refractivity contribution >= 4 is 5.69 Å². The van der Waals surface area contributed by atoms with Crippen LogP contribution in [-0.4, -0.2) is 9.55 Å². The Kier molecular flexibility index (Phi) is 2.39. The van der Waals surface area contributed by atoms with E-state index in [4.69, 9.17) is 5.53 Å². The number of hydrogen-bond acceptors (Lipinski definition) is 2. The van der Waals surface area contributed by atoms with E-state index >= 15 is 0 Å². The average Bonchev–Trinajstić information content (AvgIpc) is 2.66. The van der Waals surface area contributed by atoms with Crippen LogP contribution in [0, 0.1) is 0 Å². The van der Waals surface area contributed by atoms with Crippen LogP contribution in [0.1, 0.15) is 0 Å². The lowest BCUT2D eigenvalue weighted by Crippen LogP contribution is -1.88. The van der Waals surface area contributed by atoms with E-state index in [1.54, 1.807) is 24.7 Å². The second kappa shape index (κ2) is 3.86. The minimum Gasteiger partial charge on any atom is -0.334 e. The third-order valence-corrected chi connectivity index (χ3v) is 2.14. The van der Waals surface area contributed by atoms with Crippen LogP contribution in [0.2, 0.25) is 0 Å². The second-order valence-electron chi connectivity index (χ2n) is 3.13. The maximum absolute atomic E-state index is 8.26. The first-order valence-electron chi connectivity index (χ1n) is 4.43. The van der Waals surface area contributed by atoms with Crippen molar-refractivity contribution in [3.05, 3.63) is 47.2 Å². The summed E-state index contributed by atoms with van der Waals surface area (Å²) in [5.41, 5.74) is 11.0. The van der Waals surface area contributed by atoms with Gasteiger partial charge in [0.2, 0.25) is 0 Å². The fraction of sp³-hybridized carbons (Fsp3) is 0.100. The topological polar surface area (TPSA) is 66.6 Å². The van der Waals surface area contributed by atoms with E-state index in [1.165, 1.54) is 0 Å². The molecule has 1 heterocycles. The van der Waals surface area contributed by atoms with Crippen molar-refractivity contribution in [2.45, 2.75) is 0 Å². The van der Waals surface area contributed by atoms with Gasteiger partial charge in [-0.3, -0.25) is 0 Å². The summed E-state index contributed by atoms with van der Waals surface area (Å²) in [6, 6.07) is 7.37. The largest absolute Gasteiger partial charge is 0.334 e. The third-order valence-electron chi connectivity index (χ3n) is 2.14. The predicted octanol–water partition coefficient (Wildman–Crippen LogP) is 3.03. The molecule has 0 radical (unpaired) electrons. The molecule has 0 aliphatic rings. The molecular weight excluding hydrogens is 190 g/mol. The Labute approximate surface area is 86.6 Å². The number of benzene rings is 1. The van der Waals surface area contributed by atoms with Gasteiger partial charge in [-0.05, 0) is 11.1 Å². The van der Waals surface area contributed by atoms with Crippen molar-refractivity contribution in [3.63, 3.8) is 0 Å². The van der Waals surface area contributed by atoms with Gasteiger partial charge in [0.15, 0.2) is 0 Å². The molecule has 15 heavy (non-hydrogen) atoms. The summed E-state index contributed by atoms with van der Waals surface area (Å²) >= 11 is 0. The molecule has 0 N–H and O–H groups in total. The first-order chi connectivity index (χ1) is 7.31. The quantitative estimate of drug-likeness (QED) is 0.416. The Balaban J connectivity index is 2.40. The Hall–Kier alpha value is -2.26. The minimum absolute atomic E-state index is 0.614. The summed E-state index contributed by atoms with van der Waals surface area (Å²) < 4.78 is 1.93. The van der Waals surface area contributed by atoms with Crippen LogP contribution in [0.5, 0.6) is 0 Å². The Morgan fingerprint density at radius 1 is 1.33 bits per heavy atom. The Morgan fingerprint density at radius 3 is 2.60 bits per heavy atom. The van der Waals surface area contributed by atoms with Crippen molar-refractivity contribution < 1.29 is 0 Å². The maximum Gasteiger partial charge on any atom is 0.0948 e. The standard InChI is InChI=1S/C10H9N5/c1-15-7-12-6-10(15)8-2-4-9(5-3-8)13-14-11/h2-7H,1H3.